The second kappa shape index (κ2) is 10.8. The van der Waals surface area contributed by atoms with Crippen molar-refractivity contribution < 1.29 is 22.6 Å². The number of halogens is 4. The van der Waals surface area contributed by atoms with Gasteiger partial charge >= 0.3 is 6.18 Å². The maximum Gasteiger partial charge on any atom is 0.416 e. The summed E-state index contributed by atoms with van der Waals surface area (Å²) in [4.78, 5) is 15.3. The van der Waals surface area contributed by atoms with E-state index in [2.05, 4.69) is 20.3 Å². The molecule has 1 atom stereocenters. The minimum atomic E-state index is -4.49. The van der Waals surface area contributed by atoms with Crippen LogP contribution >= 0.6 is 11.6 Å². The molecule has 6 rings (SSSR count). The van der Waals surface area contributed by atoms with E-state index in [1.165, 1.54) is 31.5 Å². The highest BCUT2D eigenvalue weighted by molar-refractivity contribution is 6.31. The molecule has 1 unspecified atom stereocenters. The monoisotopic (exact) mass is 584 g/mol. The fourth-order valence-corrected chi connectivity index (χ4v) is 5.41. The number of rotatable bonds is 7. The number of methoxy groups -OCH3 is 1. The summed E-state index contributed by atoms with van der Waals surface area (Å²) in [5.74, 6) is 2.50. The predicted octanol–water partition coefficient (Wildman–Crippen LogP) is 7.00. The van der Waals surface area contributed by atoms with Gasteiger partial charge in [-0.1, -0.05) is 30.9 Å². The lowest BCUT2D eigenvalue weighted by atomic mass is 9.82. The molecule has 2 aromatic carbocycles. The van der Waals surface area contributed by atoms with Crippen molar-refractivity contribution in [1.29, 1.82) is 0 Å². The number of ether oxygens (including phenoxy) is 2. The zero-order chi connectivity index (χ0) is 28.7. The van der Waals surface area contributed by atoms with E-state index in [1.54, 1.807) is 25.4 Å². The summed E-state index contributed by atoms with van der Waals surface area (Å²) in [6.07, 6.45) is 5.71. The van der Waals surface area contributed by atoms with Gasteiger partial charge in [-0.05, 0) is 48.2 Å². The molecule has 0 spiro atoms. The average Bonchev–Trinajstić information content (AvgIpc) is 3.39. The first-order chi connectivity index (χ1) is 19.7. The number of hydrogen-bond donors (Lipinski definition) is 1. The van der Waals surface area contributed by atoms with Gasteiger partial charge in [0, 0.05) is 30.0 Å². The Morgan fingerprint density at radius 1 is 1.15 bits per heavy atom. The molecule has 4 aromatic rings. The molecule has 1 N–H and O–H groups in total. The molecule has 2 aliphatic rings. The molecule has 0 saturated heterocycles. The van der Waals surface area contributed by atoms with Gasteiger partial charge in [-0.15, -0.1) is 0 Å². The number of hydrogen-bond acceptors (Lipinski definition) is 7. The highest BCUT2D eigenvalue weighted by atomic mass is 35.5. The number of nitrogens with zero attached hydrogens (tertiary/aromatic N) is 5. The summed E-state index contributed by atoms with van der Waals surface area (Å²) in [5, 5.41) is 3.40. The number of aromatic nitrogens is 4. The predicted molar refractivity (Wildman–Crippen MR) is 150 cm³/mol. The van der Waals surface area contributed by atoms with Gasteiger partial charge in [0.05, 0.1) is 42.6 Å². The average molecular weight is 585 g/mol. The molecule has 3 heterocycles. The highest BCUT2D eigenvalue weighted by Gasteiger charge is 2.34. The van der Waals surface area contributed by atoms with Crippen molar-refractivity contribution in [1.82, 2.24) is 19.5 Å². The zero-order valence-corrected chi connectivity index (χ0v) is 23.2. The largest absolute Gasteiger partial charge is 0.494 e. The number of likely N-dealkylation sites (N-methyl/N-ethyl adjacent to an activating group) is 1. The molecule has 1 fully saturated rings. The number of fused-ring (bicyclic) bond motifs is 1. The van der Waals surface area contributed by atoms with Gasteiger partial charge in [-0.25, -0.2) is 9.97 Å². The van der Waals surface area contributed by atoms with Crippen LogP contribution < -0.4 is 19.7 Å². The molecule has 2 aromatic heterocycles. The Bertz CT molecular complexity index is 1570. The molecule has 1 aliphatic carbocycles. The molecule has 0 bridgehead atoms. The number of benzene rings is 2. The van der Waals surface area contributed by atoms with Crippen molar-refractivity contribution in [2.45, 2.75) is 37.9 Å². The van der Waals surface area contributed by atoms with Crippen LogP contribution in [0.2, 0.25) is 5.02 Å². The Hall–Kier alpha value is -3.99. The molecular formula is C29H28ClF3N6O2. The minimum Gasteiger partial charge on any atom is -0.494 e. The molecule has 41 heavy (non-hydrogen) atoms. The van der Waals surface area contributed by atoms with Crippen molar-refractivity contribution in [2.75, 3.05) is 31.0 Å². The van der Waals surface area contributed by atoms with Gasteiger partial charge < -0.3 is 24.3 Å². The summed E-state index contributed by atoms with van der Waals surface area (Å²) < 4.78 is 53.6. The van der Waals surface area contributed by atoms with E-state index in [0.717, 1.165) is 35.9 Å². The van der Waals surface area contributed by atoms with E-state index >= 15 is 0 Å². The molecule has 214 valence electrons. The van der Waals surface area contributed by atoms with Crippen molar-refractivity contribution in [3.8, 4) is 17.2 Å². The van der Waals surface area contributed by atoms with Crippen LogP contribution in [-0.4, -0.2) is 40.3 Å². The lowest BCUT2D eigenvalue weighted by molar-refractivity contribution is -0.137. The molecule has 8 nitrogen and oxygen atoms in total. The first-order valence-corrected chi connectivity index (χ1v) is 13.6. The molecule has 1 saturated carbocycles. The van der Waals surface area contributed by atoms with Crippen LogP contribution in [0.4, 0.5) is 30.6 Å². The summed E-state index contributed by atoms with van der Waals surface area (Å²) in [7, 11) is 3.34. The molecule has 12 heteroatoms. The lowest BCUT2D eigenvalue weighted by Gasteiger charge is -2.35. The Morgan fingerprint density at radius 2 is 1.98 bits per heavy atom. The van der Waals surface area contributed by atoms with Crippen LogP contribution in [0.25, 0.3) is 5.69 Å². The van der Waals surface area contributed by atoms with Crippen molar-refractivity contribution >= 4 is 29.1 Å². The summed E-state index contributed by atoms with van der Waals surface area (Å²) in [6.45, 7) is 0.0932. The third-order valence-electron chi connectivity index (χ3n) is 7.69. The normalized spacial score (nSPS) is 17.0. The second-order valence-corrected chi connectivity index (χ2v) is 10.7. The second-order valence-electron chi connectivity index (χ2n) is 10.3. The van der Waals surface area contributed by atoms with E-state index in [9.17, 15) is 13.2 Å². The maximum absolute atomic E-state index is 13.4. The number of anilines is 3. The van der Waals surface area contributed by atoms with Crippen LogP contribution in [0.3, 0.4) is 0 Å². The van der Waals surface area contributed by atoms with Crippen LogP contribution in [0, 0.1) is 5.92 Å². The van der Waals surface area contributed by atoms with Crippen LogP contribution in [-0.2, 0) is 12.6 Å². The van der Waals surface area contributed by atoms with Crippen LogP contribution in [0.5, 0.6) is 11.5 Å². The van der Waals surface area contributed by atoms with E-state index in [4.69, 9.17) is 21.1 Å². The third kappa shape index (κ3) is 5.50. The van der Waals surface area contributed by atoms with Gasteiger partial charge in [-0.3, -0.25) is 0 Å². The first-order valence-electron chi connectivity index (χ1n) is 13.3. The van der Waals surface area contributed by atoms with Crippen LogP contribution in [0.1, 0.15) is 42.1 Å². The first kappa shape index (κ1) is 27.2. The Morgan fingerprint density at radius 3 is 2.71 bits per heavy atom. The summed E-state index contributed by atoms with van der Waals surface area (Å²) in [5.41, 5.74) is 2.14. The Kier molecular flexibility index (Phi) is 7.14. The zero-order valence-electron chi connectivity index (χ0n) is 22.5. The summed E-state index contributed by atoms with van der Waals surface area (Å²) >= 11 is 6.32. The third-order valence-corrected chi connectivity index (χ3v) is 8.03. The van der Waals surface area contributed by atoms with Crippen molar-refractivity contribution in [3.63, 3.8) is 0 Å². The van der Waals surface area contributed by atoms with Crippen molar-refractivity contribution in [2.24, 2.45) is 5.92 Å². The minimum absolute atomic E-state index is 0.0932. The number of alkyl halides is 3. The van der Waals surface area contributed by atoms with Gasteiger partial charge in [0.15, 0.2) is 11.6 Å². The summed E-state index contributed by atoms with van der Waals surface area (Å²) in [6, 6.07) is 8.36. The van der Waals surface area contributed by atoms with Gasteiger partial charge in [-0.2, -0.15) is 18.2 Å². The maximum atomic E-state index is 13.4. The standard InChI is InChI=1S/C29H28ClF3N6O2/c1-38-24(21-11-18(29(31,32)33)6-8-22(21)30)15-41-26-13-34-28(37-27(26)38)36-19-7-9-23(25(12-19)40-2)39-14-20(35-16-39)10-17-4-3-5-17/h6-9,11-14,16-17,24H,3-5,10,15H2,1-2H3,(H,34,36,37). The SMILES string of the molecule is COc1cc(Nc2ncc3c(n2)N(C)C(c2cc(C(F)(F)F)ccc2Cl)CO3)ccc1-n1cnc(CC2CCC2)c1. The highest BCUT2D eigenvalue weighted by Crippen LogP contribution is 2.41. The Balaban J connectivity index is 1.22. The fraction of sp³-hybridized carbons (Fsp3) is 0.345. The van der Waals surface area contributed by atoms with Gasteiger partial charge in [0.25, 0.3) is 0 Å². The molecule has 0 amide bonds. The molecule has 1 aliphatic heterocycles. The van der Waals surface area contributed by atoms with E-state index < -0.39 is 17.8 Å². The number of imidazole rings is 1. The van der Waals surface area contributed by atoms with Gasteiger partial charge in [0.2, 0.25) is 5.95 Å². The quantitative estimate of drug-likeness (QED) is 0.251. The van der Waals surface area contributed by atoms with Crippen molar-refractivity contribution in [3.05, 3.63) is 77.0 Å². The molecule has 0 radical (unpaired) electrons. The van der Waals surface area contributed by atoms with E-state index in [0.29, 0.717) is 28.6 Å². The van der Waals surface area contributed by atoms with E-state index in [-0.39, 0.29) is 17.6 Å². The van der Waals surface area contributed by atoms with Crippen LogP contribution in [0.15, 0.2) is 55.1 Å². The van der Waals surface area contributed by atoms with Gasteiger partial charge in [0.1, 0.15) is 12.4 Å². The fourth-order valence-electron chi connectivity index (χ4n) is 5.17. The number of nitrogens with one attached hydrogen (secondary N) is 1. The molecular weight excluding hydrogens is 557 g/mol. The van der Waals surface area contributed by atoms with E-state index in [1.807, 2.05) is 29.0 Å². The smallest absolute Gasteiger partial charge is 0.416 e. The Labute approximate surface area is 240 Å². The topological polar surface area (TPSA) is 77.3 Å². The lowest BCUT2D eigenvalue weighted by Crippen LogP contribution is -2.34.